The molecular formula is C72H140O6. The topological polar surface area (TPSA) is 78.9 Å². The Morgan fingerprint density at radius 1 is 0.205 bits per heavy atom. The second kappa shape index (κ2) is 67.9. The molecule has 0 rings (SSSR count). The van der Waals surface area contributed by atoms with Gasteiger partial charge in [0, 0.05) is 19.3 Å². The second-order valence-corrected chi connectivity index (χ2v) is 24.9. The fourth-order valence-corrected chi connectivity index (χ4v) is 11.5. The highest BCUT2D eigenvalue weighted by Crippen LogP contribution is 2.20. The van der Waals surface area contributed by atoms with E-state index in [2.05, 4.69) is 20.8 Å². The predicted octanol–water partition coefficient (Wildman–Crippen LogP) is 24.6. The number of rotatable bonds is 68. The molecule has 0 heterocycles. The molecule has 0 aromatic rings. The van der Waals surface area contributed by atoms with Gasteiger partial charge in [0.1, 0.15) is 13.2 Å². The van der Waals surface area contributed by atoms with Crippen molar-refractivity contribution in [3.63, 3.8) is 0 Å². The van der Waals surface area contributed by atoms with Crippen LogP contribution in [0.4, 0.5) is 0 Å². The Hall–Kier alpha value is -1.59. The summed E-state index contributed by atoms with van der Waals surface area (Å²) in [6, 6.07) is 0. The second-order valence-electron chi connectivity index (χ2n) is 24.9. The van der Waals surface area contributed by atoms with Crippen LogP contribution < -0.4 is 0 Å². The molecule has 0 bridgehead atoms. The van der Waals surface area contributed by atoms with Crippen molar-refractivity contribution >= 4 is 17.9 Å². The summed E-state index contributed by atoms with van der Waals surface area (Å²) in [4.78, 5) is 38.5. The zero-order valence-corrected chi connectivity index (χ0v) is 53.5. The number of hydrogen-bond acceptors (Lipinski definition) is 6. The highest BCUT2D eigenvalue weighted by molar-refractivity contribution is 5.71. The van der Waals surface area contributed by atoms with Crippen molar-refractivity contribution in [3.8, 4) is 0 Å². The molecule has 0 aliphatic heterocycles. The lowest BCUT2D eigenvalue weighted by Gasteiger charge is -2.18. The van der Waals surface area contributed by atoms with Gasteiger partial charge in [-0.3, -0.25) is 14.4 Å². The Balaban J connectivity index is 4.23. The van der Waals surface area contributed by atoms with Gasteiger partial charge in [-0.1, -0.05) is 387 Å². The Kier molecular flexibility index (Phi) is 66.5. The molecule has 6 nitrogen and oxygen atoms in total. The molecule has 1 unspecified atom stereocenters. The quantitative estimate of drug-likeness (QED) is 0.0343. The van der Waals surface area contributed by atoms with Crippen LogP contribution in [-0.4, -0.2) is 37.2 Å². The Morgan fingerprint density at radius 2 is 0.346 bits per heavy atom. The smallest absolute Gasteiger partial charge is 0.306 e. The van der Waals surface area contributed by atoms with E-state index >= 15 is 0 Å². The molecular weight excluding hydrogens is 961 g/mol. The number of carbonyl (C=O) groups excluding carboxylic acids is 3. The van der Waals surface area contributed by atoms with E-state index in [9.17, 15) is 14.4 Å². The fourth-order valence-electron chi connectivity index (χ4n) is 11.5. The van der Waals surface area contributed by atoms with Crippen LogP contribution in [0.2, 0.25) is 0 Å². The van der Waals surface area contributed by atoms with Crippen LogP contribution in [0, 0.1) is 0 Å². The number of unbranched alkanes of at least 4 members (excludes halogenated alkanes) is 57. The number of carbonyl (C=O) groups is 3. The first-order valence-electron chi connectivity index (χ1n) is 36.0. The molecule has 0 aromatic carbocycles. The Bertz CT molecular complexity index is 1170. The van der Waals surface area contributed by atoms with E-state index in [1.807, 2.05) is 0 Å². The summed E-state index contributed by atoms with van der Waals surface area (Å²) in [5.41, 5.74) is 0. The van der Waals surface area contributed by atoms with Crippen LogP contribution in [0.15, 0.2) is 0 Å². The highest BCUT2D eigenvalue weighted by atomic mass is 16.6. The van der Waals surface area contributed by atoms with Crippen LogP contribution in [0.3, 0.4) is 0 Å². The van der Waals surface area contributed by atoms with Crippen LogP contribution in [0.5, 0.6) is 0 Å². The van der Waals surface area contributed by atoms with Gasteiger partial charge in [-0.25, -0.2) is 0 Å². The van der Waals surface area contributed by atoms with E-state index in [1.54, 1.807) is 0 Å². The first-order chi connectivity index (χ1) is 38.5. The molecule has 0 spiro atoms. The maximum Gasteiger partial charge on any atom is 0.306 e. The largest absolute Gasteiger partial charge is 0.462 e. The van der Waals surface area contributed by atoms with Crippen molar-refractivity contribution in [2.45, 2.75) is 431 Å². The fraction of sp³-hybridized carbons (Fsp3) is 0.958. The first kappa shape index (κ1) is 76.4. The summed E-state index contributed by atoms with van der Waals surface area (Å²) in [6.07, 6.45) is 79.9. The van der Waals surface area contributed by atoms with Crippen molar-refractivity contribution in [1.29, 1.82) is 0 Å². The summed E-state index contributed by atoms with van der Waals surface area (Å²) in [7, 11) is 0. The minimum Gasteiger partial charge on any atom is -0.462 e. The van der Waals surface area contributed by atoms with Gasteiger partial charge < -0.3 is 14.2 Å². The Morgan fingerprint density at radius 3 is 0.513 bits per heavy atom. The molecule has 0 amide bonds. The van der Waals surface area contributed by atoms with Gasteiger partial charge in [0.25, 0.3) is 0 Å². The van der Waals surface area contributed by atoms with E-state index in [1.165, 1.54) is 327 Å². The third kappa shape index (κ3) is 65.2. The average Bonchev–Trinajstić information content (AvgIpc) is 3.44. The van der Waals surface area contributed by atoms with Gasteiger partial charge in [0.05, 0.1) is 0 Å². The van der Waals surface area contributed by atoms with E-state index in [0.717, 1.165) is 57.8 Å². The van der Waals surface area contributed by atoms with Gasteiger partial charge in [-0.05, 0) is 19.3 Å². The van der Waals surface area contributed by atoms with E-state index in [0.29, 0.717) is 19.3 Å². The first-order valence-corrected chi connectivity index (χ1v) is 36.0. The third-order valence-corrected chi connectivity index (χ3v) is 16.9. The molecule has 0 saturated heterocycles. The standard InChI is InChI=1S/C72H140O6/c1-4-7-10-13-16-19-22-25-28-31-33-35-36-37-38-40-41-44-47-50-53-56-59-62-65-71(74)77-68-69(67-76-70(73)64-61-58-55-52-49-46-43-30-27-24-21-18-15-12-9-6-3)78-72(75)66-63-60-57-54-51-48-45-42-39-34-32-29-26-23-20-17-14-11-8-5-2/h69H,4-68H2,1-3H3. The van der Waals surface area contributed by atoms with Crippen molar-refractivity contribution < 1.29 is 28.6 Å². The molecule has 464 valence electrons. The molecule has 0 aromatic heterocycles. The van der Waals surface area contributed by atoms with Gasteiger partial charge >= 0.3 is 17.9 Å². The van der Waals surface area contributed by atoms with Gasteiger partial charge in [-0.2, -0.15) is 0 Å². The molecule has 78 heavy (non-hydrogen) atoms. The van der Waals surface area contributed by atoms with Crippen molar-refractivity contribution in [1.82, 2.24) is 0 Å². The normalized spacial score (nSPS) is 11.9. The molecule has 0 N–H and O–H groups in total. The number of esters is 3. The lowest BCUT2D eigenvalue weighted by atomic mass is 10.0. The maximum absolute atomic E-state index is 13.0. The Labute approximate surface area is 488 Å². The van der Waals surface area contributed by atoms with Crippen molar-refractivity contribution in [3.05, 3.63) is 0 Å². The molecule has 0 aliphatic rings. The summed E-state index contributed by atoms with van der Waals surface area (Å²) in [5.74, 6) is -0.817. The van der Waals surface area contributed by atoms with Crippen LogP contribution in [-0.2, 0) is 28.6 Å². The summed E-state index contributed by atoms with van der Waals surface area (Å²) in [5, 5.41) is 0. The molecule has 0 saturated carbocycles. The van der Waals surface area contributed by atoms with E-state index in [-0.39, 0.29) is 31.1 Å². The number of ether oxygens (including phenoxy) is 3. The van der Waals surface area contributed by atoms with Crippen LogP contribution in [0.1, 0.15) is 425 Å². The van der Waals surface area contributed by atoms with Crippen molar-refractivity contribution in [2.75, 3.05) is 13.2 Å². The van der Waals surface area contributed by atoms with Crippen LogP contribution in [0.25, 0.3) is 0 Å². The lowest BCUT2D eigenvalue weighted by Crippen LogP contribution is -2.30. The SMILES string of the molecule is CCCCCCCCCCCCCCCCCCCCCCCCCCC(=O)OCC(COC(=O)CCCCCCCCCCCCCCCCCC)OC(=O)CCCCCCCCCCCCCCCCCCCCCC. The van der Waals surface area contributed by atoms with Crippen LogP contribution >= 0.6 is 0 Å². The van der Waals surface area contributed by atoms with E-state index < -0.39 is 6.10 Å². The lowest BCUT2D eigenvalue weighted by molar-refractivity contribution is -0.167. The van der Waals surface area contributed by atoms with Gasteiger partial charge in [0.2, 0.25) is 0 Å². The minimum absolute atomic E-state index is 0.0600. The van der Waals surface area contributed by atoms with E-state index in [4.69, 9.17) is 14.2 Å². The molecule has 1 atom stereocenters. The summed E-state index contributed by atoms with van der Waals surface area (Å²) >= 11 is 0. The summed E-state index contributed by atoms with van der Waals surface area (Å²) < 4.78 is 17.0. The number of hydrogen-bond donors (Lipinski definition) is 0. The molecule has 0 aliphatic carbocycles. The zero-order valence-electron chi connectivity index (χ0n) is 53.5. The monoisotopic (exact) mass is 1100 g/mol. The van der Waals surface area contributed by atoms with Gasteiger partial charge in [-0.15, -0.1) is 0 Å². The average molecular weight is 1100 g/mol. The van der Waals surface area contributed by atoms with Gasteiger partial charge in [0.15, 0.2) is 6.10 Å². The molecule has 6 heteroatoms. The molecule has 0 radical (unpaired) electrons. The summed E-state index contributed by atoms with van der Waals surface area (Å²) in [6.45, 7) is 6.75. The maximum atomic E-state index is 13.0. The molecule has 0 fully saturated rings. The van der Waals surface area contributed by atoms with Crippen molar-refractivity contribution in [2.24, 2.45) is 0 Å². The predicted molar refractivity (Wildman–Crippen MR) is 340 cm³/mol. The minimum atomic E-state index is -0.763. The highest BCUT2D eigenvalue weighted by Gasteiger charge is 2.20. The third-order valence-electron chi connectivity index (χ3n) is 16.9. The zero-order chi connectivity index (χ0) is 56.4.